The molecule has 1 aromatic carbocycles. The van der Waals surface area contributed by atoms with Crippen LogP contribution >= 0.6 is 23.2 Å². The fourth-order valence-corrected chi connectivity index (χ4v) is 1.70. The molecule has 3 nitrogen and oxygen atoms in total. The van der Waals surface area contributed by atoms with E-state index in [1.807, 2.05) is 6.07 Å². The molecule has 0 heterocycles. The van der Waals surface area contributed by atoms with E-state index >= 15 is 0 Å². The Hall–Kier alpha value is -1.24. The first-order chi connectivity index (χ1) is 8.04. The topological polar surface area (TPSA) is 44.1 Å². The van der Waals surface area contributed by atoms with Gasteiger partial charge in [-0.3, -0.25) is 4.79 Å². The second kappa shape index (κ2) is 6.48. The highest BCUT2D eigenvalue weighted by Crippen LogP contribution is 2.21. The summed E-state index contributed by atoms with van der Waals surface area (Å²) in [4.78, 5) is 13.3. The minimum absolute atomic E-state index is 0.0792. The smallest absolute Gasteiger partial charge is 0.226 e. The van der Waals surface area contributed by atoms with Crippen molar-refractivity contribution in [3.63, 3.8) is 0 Å². The van der Waals surface area contributed by atoms with Gasteiger partial charge in [-0.25, -0.2) is 0 Å². The maximum Gasteiger partial charge on any atom is 0.226 e. The van der Waals surface area contributed by atoms with Crippen molar-refractivity contribution in [2.75, 3.05) is 13.6 Å². The summed E-state index contributed by atoms with van der Waals surface area (Å²) >= 11 is 11.8. The summed E-state index contributed by atoms with van der Waals surface area (Å²) in [6.07, 6.45) is 0.521. The summed E-state index contributed by atoms with van der Waals surface area (Å²) in [6.45, 7) is 0.424. The van der Waals surface area contributed by atoms with Gasteiger partial charge in [0.2, 0.25) is 5.91 Å². The lowest BCUT2D eigenvalue weighted by Crippen LogP contribution is -2.29. The van der Waals surface area contributed by atoms with E-state index in [9.17, 15) is 4.79 Å². The van der Waals surface area contributed by atoms with E-state index in [4.69, 9.17) is 28.5 Å². The van der Waals surface area contributed by atoms with Crippen molar-refractivity contribution in [1.82, 2.24) is 4.90 Å². The van der Waals surface area contributed by atoms with Gasteiger partial charge in [-0.1, -0.05) is 23.2 Å². The zero-order valence-corrected chi connectivity index (χ0v) is 10.9. The zero-order valence-electron chi connectivity index (χ0n) is 9.41. The van der Waals surface area contributed by atoms with Gasteiger partial charge in [0, 0.05) is 23.6 Å². The second-order valence-corrected chi connectivity index (χ2v) is 4.48. The predicted octanol–water partition coefficient (Wildman–Crippen LogP) is 2.91. The van der Waals surface area contributed by atoms with Crippen LogP contribution in [0.2, 0.25) is 10.0 Å². The largest absolute Gasteiger partial charge is 0.344 e. The van der Waals surface area contributed by atoms with Crippen LogP contribution in [0, 0.1) is 11.3 Å². The monoisotopic (exact) mass is 270 g/mol. The van der Waals surface area contributed by atoms with E-state index in [1.165, 1.54) is 4.90 Å². The minimum Gasteiger partial charge on any atom is -0.344 e. The first-order valence-corrected chi connectivity index (χ1v) is 5.85. The summed E-state index contributed by atoms with van der Waals surface area (Å²) in [7, 11) is 1.66. The Morgan fingerprint density at radius 3 is 2.82 bits per heavy atom. The summed E-state index contributed by atoms with van der Waals surface area (Å²) in [5, 5.41) is 9.52. The Bertz CT molecular complexity index is 454. The number of benzene rings is 1. The van der Waals surface area contributed by atoms with Gasteiger partial charge in [0.15, 0.2) is 0 Å². The third-order valence-corrected chi connectivity index (χ3v) is 2.94. The SMILES string of the molecule is CN(CCC#N)C(=O)Cc1cc(Cl)ccc1Cl. The Morgan fingerprint density at radius 2 is 2.18 bits per heavy atom. The Kier molecular flexibility index (Phi) is 5.27. The average Bonchev–Trinajstić information content (AvgIpc) is 2.30. The lowest BCUT2D eigenvalue weighted by Gasteiger charge is -2.15. The molecule has 0 aliphatic rings. The molecule has 0 spiro atoms. The van der Waals surface area contributed by atoms with Gasteiger partial charge in [0.05, 0.1) is 18.9 Å². The maximum absolute atomic E-state index is 11.8. The van der Waals surface area contributed by atoms with E-state index < -0.39 is 0 Å². The van der Waals surface area contributed by atoms with E-state index in [-0.39, 0.29) is 12.3 Å². The van der Waals surface area contributed by atoms with Gasteiger partial charge >= 0.3 is 0 Å². The summed E-state index contributed by atoms with van der Waals surface area (Å²) in [5.41, 5.74) is 0.702. The molecule has 0 aliphatic carbocycles. The number of rotatable bonds is 4. The van der Waals surface area contributed by atoms with E-state index in [2.05, 4.69) is 0 Å². The maximum atomic E-state index is 11.8. The van der Waals surface area contributed by atoms with E-state index in [0.29, 0.717) is 28.6 Å². The Morgan fingerprint density at radius 1 is 1.47 bits per heavy atom. The van der Waals surface area contributed by atoms with Gasteiger partial charge in [0.1, 0.15) is 0 Å². The van der Waals surface area contributed by atoms with E-state index in [0.717, 1.165) is 0 Å². The van der Waals surface area contributed by atoms with Crippen LogP contribution in [0.3, 0.4) is 0 Å². The molecule has 1 amide bonds. The van der Waals surface area contributed by atoms with Gasteiger partial charge in [-0.15, -0.1) is 0 Å². The molecule has 0 N–H and O–H groups in total. The molecule has 0 unspecified atom stereocenters. The summed E-state index contributed by atoms with van der Waals surface area (Å²) in [6, 6.07) is 7.02. The standard InChI is InChI=1S/C12H12Cl2N2O/c1-16(6-2-5-15)12(17)8-9-7-10(13)3-4-11(9)14/h3-4,7H,2,6,8H2,1H3. The molecule has 90 valence electrons. The van der Waals surface area contributed by atoms with Crippen LogP contribution in [0.4, 0.5) is 0 Å². The molecule has 1 aromatic rings. The third kappa shape index (κ3) is 4.26. The zero-order chi connectivity index (χ0) is 12.8. The van der Waals surface area contributed by atoms with Gasteiger partial charge in [-0.2, -0.15) is 5.26 Å². The number of nitriles is 1. The molecule has 5 heteroatoms. The molecule has 0 aromatic heterocycles. The molecule has 17 heavy (non-hydrogen) atoms. The first kappa shape index (κ1) is 13.8. The number of likely N-dealkylation sites (N-methyl/N-ethyl adjacent to an activating group) is 1. The van der Waals surface area contributed by atoms with Crippen molar-refractivity contribution in [2.24, 2.45) is 0 Å². The van der Waals surface area contributed by atoms with Crippen LogP contribution in [0.1, 0.15) is 12.0 Å². The molecule has 0 fully saturated rings. The molecule has 1 rings (SSSR count). The number of carbonyl (C=O) groups excluding carboxylic acids is 1. The molecule has 0 saturated heterocycles. The highest BCUT2D eigenvalue weighted by atomic mass is 35.5. The van der Waals surface area contributed by atoms with Gasteiger partial charge < -0.3 is 4.90 Å². The van der Waals surface area contributed by atoms with Crippen molar-refractivity contribution in [2.45, 2.75) is 12.8 Å². The van der Waals surface area contributed by atoms with Crippen molar-refractivity contribution >= 4 is 29.1 Å². The lowest BCUT2D eigenvalue weighted by atomic mass is 10.1. The molecular formula is C12H12Cl2N2O. The van der Waals surface area contributed by atoms with Crippen LogP contribution in [-0.2, 0) is 11.2 Å². The molecular weight excluding hydrogens is 259 g/mol. The van der Waals surface area contributed by atoms with Crippen LogP contribution < -0.4 is 0 Å². The number of carbonyl (C=O) groups is 1. The molecule has 0 saturated carbocycles. The molecule has 0 aliphatic heterocycles. The molecule has 0 radical (unpaired) electrons. The van der Waals surface area contributed by atoms with Crippen LogP contribution in [0.15, 0.2) is 18.2 Å². The Labute approximate surface area is 111 Å². The van der Waals surface area contributed by atoms with Crippen molar-refractivity contribution in [1.29, 1.82) is 5.26 Å². The van der Waals surface area contributed by atoms with E-state index in [1.54, 1.807) is 25.2 Å². The third-order valence-electron chi connectivity index (χ3n) is 2.33. The highest BCUT2D eigenvalue weighted by molar-refractivity contribution is 6.33. The summed E-state index contributed by atoms with van der Waals surface area (Å²) in [5.74, 6) is -0.0792. The number of hydrogen-bond acceptors (Lipinski definition) is 2. The van der Waals surface area contributed by atoms with Gasteiger partial charge in [-0.05, 0) is 23.8 Å². The fourth-order valence-electron chi connectivity index (χ4n) is 1.32. The molecule has 0 bridgehead atoms. The number of hydrogen-bond donors (Lipinski definition) is 0. The number of amides is 1. The first-order valence-electron chi connectivity index (χ1n) is 5.09. The van der Waals surface area contributed by atoms with Gasteiger partial charge in [0.25, 0.3) is 0 Å². The lowest BCUT2D eigenvalue weighted by molar-refractivity contribution is -0.129. The minimum atomic E-state index is -0.0792. The van der Waals surface area contributed by atoms with Crippen LogP contribution in [0.5, 0.6) is 0 Å². The summed E-state index contributed by atoms with van der Waals surface area (Å²) < 4.78 is 0. The molecule has 0 atom stereocenters. The normalized spacial score (nSPS) is 9.76. The van der Waals surface area contributed by atoms with Crippen molar-refractivity contribution in [3.8, 4) is 6.07 Å². The Balaban J connectivity index is 2.68. The number of nitrogens with zero attached hydrogens (tertiary/aromatic N) is 2. The van der Waals surface area contributed by atoms with Crippen LogP contribution in [-0.4, -0.2) is 24.4 Å². The number of halogens is 2. The second-order valence-electron chi connectivity index (χ2n) is 3.64. The average molecular weight is 271 g/mol. The van der Waals surface area contributed by atoms with Crippen molar-refractivity contribution in [3.05, 3.63) is 33.8 Å². The quantitative estimate of drug-likeness (QED) is 0.845. The fraction of sp³-hybridized carbons (Fsp3) is 0.333. The predicted molar refractivity (Wildman–Crippen MR) is 68.0 cm³/mol. The van der Waals surface area contributed by atoms with Crippen LogP contribution in [0.25, 0.3) is 0 Å². The van der Waals surface area contributed by atoms with Crippen molar-refractivity contribution < 1.29 is 4.79 Å². The highest BCUT2D eigenvalue weighted by Gasteiger charge is 2.11.